The minimum absolute atomic E-state index is 0.0352. The summed E-state index contributed by atoms with van der Waals surface area (Å²) in [5.41, 5.74) is 2.30. The van der Waals surface area contributed by atoms with Crippen molar-refractivity contribution in [2.45, 2.75) is 13.8 Å². The molecule has 0 spiro atoms. The van der Waals surface area contributed by atoms with Crippen molar-refractivity contribution >= 4 is 11.6 Å². The van der Waals surface area contributed by atoms with E-state index in [4.69, 9.17) is 4.42 Å². The Bertz CT molecular complexity index is 795. The Labute approximate surface area is 134 Å². The van der Waals surface area contributed by atoms with Crippen LogP contribution >= 0.6 is 0 Å². The number of rotatable bonds is 4. The Morgan fingerprint density at radius 3 is 2.30 bits per heavy atom. The van der Waals surface area contributed by atoms with Crippen molar-refractivity contribution in [1.82, 2.24) is 10.2 Å². The lowest BCUT2D eigenvalue weighted by atomic mass is 10.1. The minimum atomic E-state index is -0.0352. The van der Waals surface area contributed by atoms with Crippen LogP contribution in [0, 0.1) is 6.92 Å². The van der Waals surface area contributed by atoms with Crippen molar-refractivity contribution in [3.05, 3.63) is 66.1 Å². The summed E-state index contributed by atoms with van der Waals surface area (Å²) in [7, 11) is 0. The molecule has 0 N–H and O–H groups in total. The number of benzene rings is 2. The monoisotopic (exact) mass is 307 g/mol. The number of carbonyl (C=O) groups is 1. The molecule has 0 aliphatic heterocycles. The van der Waals surface area contributed by atoms with E-state index in [0.29, 0.717) is 23.9 Å². The Hall–Kier alpha value is -2.95. The van der Waals surface area contributed by atoms with Gasteiger partial charge in [-0.25, -0.2) is 0 Å². The summed E-state index contributed by atoms with van der Waals surface area (Å²) in [6.07, 6.45) is 0. The van der Waals surface area contributed by atoms with Gasteiger partial charge >= 0.3 is 0 Å². The number of carbonyl (C=O) groups excluding carboxylic acids is 1. The summed E-state index contributed by atoms with van der Waals surface area (Å²) in [5, 5.41) is 7.79. The Morgan fingerprint density at radius 2 is 1.74 bits per heavy atom. The number of hydrogen-bond acceptors (Lipinski definition) is 4. The molecular weight excluding hydrogens is 290 g/mol. The molecule has 0 bridgehead atoms. The van der Waals surface area contributed by atoms with Gasteiger partial charge in [0.05, 0.1) is 0 Å². The summed E-state index contributed by atoms with van der Waals surface area (Å²) < 4.78 is 5.39. The molecular formula is C18H17N3O2. The van der Waals surface area contributed by atoms with Gasteiger partial charge in [-0.15, -0.1) is 10.2 Å². The van der Waals surface area contributed by atoms with Gasteiger partial charge < -0.3 is 9.32 Å². The van der Waals surface area contributed by atoms with Crippen molar-refractivity contribution in [3.8, 4) is 11.5 Å². The summed E-state index contributed by atoms with van der Waals surface area (Å²) >= 11 is 0. The first-order chi connectivity index (χ1) is 11.2. The van der Waals surface area contributed by atoms with Crippen LogP contribution in [-0.2, 0) is 0 Å². The van der Waals surface area contributed by atoms with Crippen LogP contribution in [-0.4, -0.2) is 22.6 Å². The predicted octanol–water partition coefficient (Wildman–Crippen LogP) is 3.71. The SMILES string of the molecule is CCN(C(=O)c1ccc(-c2nnc(C)o2)cc1)c1ccccc1. The van der Waals surface area contributed by atoms with Crippen LogP contribution in [0.15, 0.2) is 59.0 Å². The molecule has 0 aliphatic rings. The van der Waals surface area contributed by atoms with Crippen molar-refractivity contribution < 1.29 is 9.21 Å². The summed E-state index contributed by atoms with van der Waals surface area (Å²) in [6, 6.07) is 16.8. The Kier molecular flexibility index (Phi) is 4.19. The molecule has 116 valence electrons. The molecule has 1 heterocycles. The lowest BCUT2D eigenvalue weighted by molar-refractivity contribution is 0.0988. The van der Waals surface area contributed by atoms with Gasteiger partial charge in [0.1, 0.15) is 0 Å². The molecule has 0 radical (unpaired) electrons. The van der Waals surface area contributed by atoms with Gasteiger partial charge in [-0.1, -0.05) is 18.2 Å². The van der Waals surface area contributed by atoms with Crippen LogP contribution in [0.3, 0.4) is 0 Å². The standard InChI is InChI=1S/C18H17N3O2/c1-3-21(16-7-5-4-6-8-16)18(22)15-11-9-14(10-12-15)17-20-19-13(2)23-17/h4-12H,3H2,1-2H3. The average molecular weight is 307 g/mol. The number of anilines is 1. The number of amides is 1. The molecule has 1 aromatic heterocycles. The predicted molar refractivity (Wildman–Crippen MR) is 88.3 cm³/mol. The van der Waals surface area contributed by atoms with Gasteiger partial charge in [0.25, 0.3) is 5.91 Å². The van der Waals surface area contributed by atoms with Crippen LogP contribution in [0.5, 0.6) is 0 Å². The first-order valence-electron chi connectivity index (χ1n) is 7.46. The molecule has 0 fully saturated rings. The van der Waals surface area contributed by atoms with Crippen LogP contribution in [0.25, 0.3) is 11.5 Å². The zero-order chi connectivity index (χ0) is 16.2. The highest BCUT2D eigenvalue weighted by Crippen LogP contribution is 2.21. The molecule has 1 amide bonds. The maximum Gasteiger partial charge on any atom is 0.258 e. The fraction of sp³-hybridized carbons (Fsp3) is 0.167. The molecule has 3 aromatic rings. The molecule has 0 unspecified atom stereocenters. The van der Waals surface area contributed by atoms with Gasteiger partial charge in [-0.05, 0) is 43.3 Å². The molecule has 5 nitrogen and oxygen atoms in total. The molecule has 0 atom stereocenters. The van der Waals surface area contributed by atoms with E-state index in [0.717, 1.165) is 11.3 Å². The van der Waals surface area contributed by atoms with Crippen LogP contribution < -0.4 is 4.90 Å². The molecule has 0 saturated heterocycles. The molecule has 0 aliphatic carbocycles. The van der Waals surface area contributed by atoms with Gasteiger partial charge in [-0.2, -0.15) is 0 Å². The van der Waals surface area contributed by atoms with Gasteiger partial charge in [-0.3, -0.25) is 4.79 Å². The van der Waals surface area contributed by atoms with Crippen LogP contribution in [0.4, 0.5) is 5.69 Å². The normalized spacial score (nSPS) is 10.5. The van der Waals surface area contributed by atoms with E-state index in [2.05, 4.69) is 10.2 Å². The molecule has 5 heteroatoms. The summed E-state index contributed by atoms with van der Waals surface area (Å²) in [6.45, 7) is 4.31. The van der Waals surface area contributed by atoms with E-state index in [1.807, 2.05) is 49.4 Å². The Morgan fingerprint density at radius 1 is 1.04 bits per heavy atom. The van der Waals surface area contributed by atoms with E-state index in [-0.39, 0.29) is 5.91 Å². The maximum absolute atomic E-state index is 12.7. The van der Waals surface area contributed by atoms with Crippen molar-refractivity contribution in [2.24, 2.45) is 0 Å². The van der Waals surface area contributed by atoms with E-state index in [9.17, 15) is 4.79 Å². The first kappa shape index (κ1) is 15.0. The minimum Gasteiger partial charge on any atom is -0.421 e. The number of nitrogens with zero attached hydrogens (tertiary/aromatic N) is 3. The summed E-state index contributed by atoms with van der Waals surface area (Å²) in [4.78, 5) is 14.4. The van der Waals surface area contributed by atoms with Crippen LogP contribution in [0.1, 0.15) is 23.2 Å². The molecule has 0 saturated carbocycles. The summed E-state index contributed by atoms with van der Waals surface area (Å²) in [5.74, 6) is 0.935. The van der Waals surface area contributed by atoms with Gasteiger partial charge in [0.15, 0.2) is 0 Å². The number of para-hydroxylation sites is 1. The number of aryl methyl sites for hydroxylation is 1. The zero-order valence-electron chi connectivity index (χ0n) is 13.1. The Balaban J connectivity index is 1.85. The second kappa shape index (κ2) is 6.44. The van der Waals surface area contributed by atoms with E-state index < -0.39 is 0 Å². The van der Waals surface area contributed by atoms with Gasteiger partial charge in [0.2, 0.25) is 11.8 Å². The highest BCUT2D eigenvalue weighted by atomic mass is 16.4. The zero-order valence-corrected chi connectivity index (χ0v) is 13.1. The topological polar surface area (TPSA) is 59.2 Å². The largest absolute Gasteiger partial charge is 0.421 e. The molecule has 3 rings (SSSR count). The second-order valence-electron chi connectivity index (χ2n) is 5.09. The molecule has 23 heavy (non-hydrogen) atoms. The third kappa shape index (κ3) is 3.13. The highest BCUT2D eigenvalue weighted by molar-refractivity contribution is 6.06. The third-order valence-corrected chi connectivity index (χ3v) is 3.53. The highest BCUT2D eigenvalue weighted by Gasteiger charge is 2.16. The van der Waals surface area contributed by atoms with E-state index >= 15 is 0 Å². The van der Waals surface area contributed by atoms with E-state index in [1.165, 1.54) is 0 Å². The number of aromatic nitrogens is 2. The fourth-order valence-corrected chi connectivity index (χ4v) is 2.38. The smallest absolute Gasteiger partial charge is 0.258 e. The quantitative estimate of drug-likeness (QED) is 0.737. The van der Waals surface area contributed by atoms with E-state index in [1.54, 1.807) is 24.0 Å². The van der Waals surface area contributed by atoms with Crippen molar-refractivity contribution in [2.75, 3.05) is 11.4 Å². The van der Waals surface area contributed by atoms with Crippen molar-refractivity contribution in [3.63, 3.8) is 0 Å². The average Bonchev–Trinajstić information content (AvgIpc) is 3.03. The third-order valence-electron chi connectivity index (χ3n) is 3.53. The second-order valence-corrected chi connectivity index (χ2v) is 5.09. The van der Waals surface area contributed by atoms with Crippen LogP contribution in [0.2, 0.25) is 0 Å². The maximum atomic E-state index is 12.7. The number of hydrogen-bond donors (Lipinski definition) is 0. The van der Waals surface area contributed by atoms with Gasteiger partial charge in [0, 0.05) is 30.3 Å². The lowest BCUT2D eigenvalue weighted by Crippen LogP contribution is -2.30. The lowest BCUT2D eigenvalue weighted by Gasteiger charge is -2.21. The first-order valence-corrected chi connectivity index (χ1v) is 7.46. The molecule has 2 aromatic carbocycles. The van der Waals surface area contributed by atoms with Crippen molar-refractivity contribution in [1.29, 1.82) is 0 Å². The fourth-order valence-electron chi connectivity index (χ4n) is 2.38.